The molecule has 3 rings (SSSR count). The predicted molar refractivity (Wildman–Crippen MR) is 107 cm³/mol. The third kappa shape index (κ3) is 5.41. The first-order valence-corrected chi connectivity index (χ1v) is 9.92. The molecule has 5 heteroatoms. The van der Waals surface area contributed by atoms with Crippen LogP contribution in [-0.2, 0) is 11.2 Å². The van der Waals surface area contributed by atoms with E-state index in [1.807, 2.05) is 25.1 Å². The van der Waals surface area contributed by atoms with Gasteiger partial charge < -0.3 is 10.2 Å². The second kappa shape index (κ2) is 9.49. The van der Waals surface area contributed by atoms with Crippen LogP contribution in [0.15, 0.2) is 54.6 Å². The predicted octanol–water partition coefficient (Wildman–Crippen LogP) is 3.82. The van der Waals surface area contributed by atoms with Gasteiger partial charge in [0.25, 0.3) is 5.91 Å². The minimum Gasteiger partial charge on any atom is -0.353 e. The van der Waals surface area contributed by atoms with Crippen molar-refractivity contribution in [1.82, 2.24) is 10.2 Å². The molecule has 0 saturated carbocycles. The minimum absolute atomic E-state index is 0.0588. The molecule has 1 aliphatic heterocycles. The first-order chi connectivity index (χ1) is 13.5. The van der Waals surface area contributed by atoms with E-state index in [2.05, 4.69) is 17.4 Å². The number of aryl methyl sites for hydroxylation is 1. The van der Waals surface area contributed by atoms with Crippen LogP contribution < -0.4 is 5.32 Å². The molecule has 1 heterocycles. The van der Waals surface area contributed by atoms with E-state index in [1.165, 1.54) is 29.8 Å². The number of rotatable bonds is 6. The summed E-state index contributed by atoms with van der Waals surface area (Å²) < 4.78 is 13.0. The zero-order valence-electron chi connectivity index (χ0n) is 16.2. The van der Waals surface area contributed by atoms with Crippen LogP contribution in [0.1, 0.15) is 42.1 Å². The first kappa shape index (κ1) is 20.1. The Kier molecular flexibility index (Phi) is 6.80. The fraction of sp³-hybridized carbons (Fsp3) is 0.391. The lowest BCUT2D eigenvalue weighted by molar-refractivity contribution is -0.126. The summed E-state index contributed by atoms with van der Waals surface area (Å²) in [6.45, 7) is 3.13. The van der Waals surface area contributed by atoms with Crippen molar-refractivity contribution in [3.05, 3.63) is 71.5 Å². The van der Waals surface area contributed by atoms with E-state index >= 15 is 0 Å². The molecule has 2 aromatic rings. The Bertz CT molecular complexity index is 784. The maximum Gasteiger partial charge on any atom is 0.253 e. The van der Waals surface area contributed by atoms with Gasteiger partial charge in [-0.05, 0) is 62.4 Å². The van der Waals surface area contributed by atoms with Crippen molar-refractivity contribution in [2.45, 2.75) is 38.6 Å². The van der Waals surface area contributed by atoms with Gasteiger partial charge in [0.05, 0.1) is 0 Å². The molecule has 2 aromatic carbocycles. The first-order valence-electron chi connectivity index (χ1n) is 9.92. The molecule has 0 spiro atoms. The molecular weight excluding hydrogens is 355 g/mol. The highest BCUT2D eigenvalue weighted by atomic mass is 19.1. The van der Waals surface area contributed by atoms with Gasteiger partial charge in [0.1, 0.15) is 5.82 Å². The van der Waals surface area contributed by atoms with Gasteiger partial charge in [0, 0.05) is 30.6 Å². The molecule has 1 fully saturated rings. The standard InChI is InChI=1S/C23H27FN2O2/c1-17(7-8-18-5-3-2-4-6-18)25-22(27)19-13-15-26(16-14-19)23(28)20-9-11-21(24)12-10-20/h2-6,9-12,17,19H,7-8,13-16H2,1H3,(H,25,27). The number of carbonyl (C=O) groups excluding carboxylic acids is 2. The molecule has 0 aliphatic carbocycles. The molecule has 0 radical (unpaired) electrons. The van der Waals surface area contributed by atoms with Crippen LogP contribution in [0.3, 0.4) is 0 Å². The van der Waals surface area contributed by atoms with Gasteiger partial charge >= 0.3 is 0 Å². The monoisotopic (exact) mass is 382 g/mol. The summed E-state index contributed by atoms with van der Waals surface area (Å²) in [7, 11) is 0. The quantitative estimate of drug-likeness (QED) is 0.826. The maximum atomic E-state index is 13.0. The minimum atomic E-state index is -0.353. The second-order valence-electron chi connectivity index (χ2n) is 7.51. The summed E-state index contributed by atoms with van der Waals surface area (Å²) in [6.07, 6.45) is 3.15. The van der Waals surface area contributed by atoms with Crippen molar-refractivity contribution in [3.63, 3.8) is 0 Å². The number of nitrogens with one attached hydrogen (secondary N) is 1. The average Bonchev–Trinajstić information content (AvgIpc) is 2.73. The van der Waals surface area contributed by atoms with Gasteiger partial charge in [-0.3, -0.25) is 9.59 Å². The smallest absolute Gasteiger partial charge is 0.253 e. The number of amides is 2. The Morgan fingerprint density at radius 3 is 2.36 bits per heavy atom. The summed E-state index contributed by atoms with van der Waals surface area (Å²) in [5.41, 5.74) is 1.76. The number of nitrogens with zero attached hydrogens (tertiary/aromatic N) is 1. The van der Waals surface area contributed by atoms with E-state index in [0.717, 1.165) is 12.8 Å². The number of hydrogen-bond donors (Lipinski definition) is 1. The lowest BCUT2D eigenvalue weighted by atomic mass is 9.94. The highest BCUT2D eigenvalue weighted by Crippen LogP contribution is 2.20. The second-order valence-corrected chi connectivity index (χ2v) is 7.51. The van der Waals surface area contributed by atoms with Crippen LogP contribution in [0.5, 0.6) is 0 Å². The molecule has 1 saturated heterocycles. The Labute approximate surface area is 165 Å². The maximum absolute atomic E-state index is 13.0. The molecule has 148 valence electrons. The third-order valence-corrected chi connectivity index (χ3v) is 5.34. The molecule has 28 heavy (non-hydrogen) atoms. The Hall–Kier alpha value is -2.69. The average molecular weight is 382 g/mol. The molecule has 1 unspecified atom stereocenters. The van der Waals surface area contributed by atoms with Crippen LogP contribution in [0.25, 0.3) is 0 Å². The van der Waals surface area contributed by atoms with Crippen LogP contribution in [-0.4, -0.2) is 35.8 Å². The van der Waals surface area contributed by atoms with Gasteiger partial charge in [-0.25, -0.2) is 4.39 Å². The summed E-state index contributed by atoms with van der Waals surface area (Å²) >= 11 is 0. The molecular formula is C23H27FN2O2. The van der Waals surface area contributed by atoms with Crippen molar-refractivity contribution < 1.29 is 14.0 Å². The molecule has 1 aliphatic rings. The van der Waals surface area contributed by atoms with E-state index in [-0.39, 0.29) is 29.6 Å². The molecule has 1 atom stereocenters. The van der Waals surface area contributed by atoms with Gasteiger partial charge in [-0.1, -0.05) is 30.3 Å². The number of hydrogen-bond acceptors (Lipinski definition) is 2. The van der Waals surface area contributed by atoms with Gasteiger partial charge in [-0.15, -0.1) is 0 Å². The highest BCUT2D eigenvalue weighted by molar-refractivity contribution is 5.94. The molecule has 2 amide bonds. The zero-order chi connectivity index (χ0) is 19.9. The van der Waals surface area contributed by atoms with Crippen LogP contribution in [0, 0.1) is 11.7 Å². The topological polar surface area (TPSA) is 49.4 Å². The molecule has 1 N–H and O–H groups in total. The highest BCUT2D eigenvalue weighted by Gasteiger charge is 2.28. The van der Waals surface area contributed by atoms with E-state index < -0.39 is 0 Å². The van der Waals surface area contributed by atoms with Gasteiger partial charge in [0.2, 0.25) is 5.91 Å². The van der Waals surface area contributed by atoms with E-state index in [9.17, 15) is 14.0 Å². The van der Waals surface area contributed by atoms with E-state index in [4.69, 9.17) is 0 Å². The largest absolute Gasteiger partial charge is 0.353 e. The van der Waals surface area contributed by atoms with Crippen LogP contribution in [0.4, 0.5) is 4.39 Å². The normalized spacial score (nSPS) is 15.9. The van der Waals surface area contributed by atoms with Crippen molar-refractivity contribution in [3.8, 4) is 0 Å². The summed E-state index contributed by atoms with van der Waals surface area (Å²) in [5, 5.41) is 3.12. The number of likely N-dealkylation sites (tertiary alicyclic amines) is 1. The molecule has 0 bridgehead atoms. The number of benzene rings is 2. The Balaban J connectivity index is 1.43. The number of piperidine rings is 1. The van der Waals surface area contributed by atoms with Crippen LogP contribution >= 0.6 is 0 Å². The number of halogens is 1. The van der Waals surface area contributed by atoms with Gasteiger partial charge in [0.15, 0.2) is 0 Å². The third-order valence-electron chi connectivity index (χ3n) is 5.34. The van der Waals surface area contributed by atoms with Crippen molar-refractivity contribution in [2.75, 3.05) is 13.1 Å². The molecule has 4 nitrogen and oxygen atoms in total. The summed E-state index contributed by atoms with van der Waals surface area (Å²) in [4.78, 5) is 26.8. The lowest BCUT2D eigenvalue weighted by Gasteiger charge is -2.32. The van der Waals surface area contributed by atoms with Crippen molar-refractivity contribution in [2.24, 2.45) is 5.92 Å². The molecule has 0 aromatic heterocycles. The van der Waals surface area contributed by atoms with Crippen molar-refractivity contribution >= 4 is 11.8 Å². The lowest BCUT2D eigenvalue weighted by Crippen LogP contribution is -2.44. The SMILES string of the molecule is CC(CCc1ccccc1)NC(=O)C1CCN(C(=O)c2ccc(F)cc2)CC1. The van der Waals surface area contributed by atoms with E-state index in [1.54, 1.807) is 4.90 Å². The van der Waals surface area contributed by atoms with Crippen molar-refractivity contribution in [1.29, 1.82) is 0 Å². The Morgan fingerprint density at radius 1 is 1.07 bits per heavy atom. The Morgan fingerprint density at radius 2 is 1.71 bits per heavy atom. The van der Waals surface area contributed by atoms with Crippen LogP contribution in [0.2, 0.25) is 0 Å². The zero-order valence-corrected chi connectivity index (χ0v) is 16.2. The summed E-state index contributed by atoms with van der Waals surface area (Å²) in [5.74, 6) is -0.436. The van der Waals surface area contributed by atoms with Gasteiger partial charge in [-0.2, -0.15) is 0 Å². The fourth-order valence-corrected chi connectivity index (χ4v) is 3.58. The number of carbonyl (C=O) groups is 2. The fourth-order valence-electron chi connectivity index (χ4n) is 3.58. The van der Waals surface area contributed by atoms with E-state index in [0.29, 0.717) is 31.5 Å². The summed E-state index contributed by atoms with van der Waals surface area (Å²) in [6, 6.07) is 16.0.